The number of aromatic nitrogens is 3. The average molecular weight is 511 g/mol. The van der Waals surface area contributed by atoms with Crippen molar-refractivity contribution in [2.45, 2.75) is 12.3 Å². The number of rotatable bonds is 6. The van der Waals surface area contributed by atoms with Gasteiger partial charge < -0.3 is 14.8 Å². The standard InChI is InChI=1S/C21H21ClF2N6O3S/c1-29-11-13(20(31)27-15-6-14(22)7-16(8-15)28-34(2,32)33)5-18(29)19-25-9-17(10-26-19)30-4-3-21(23,24)12-30/h5-11,28H,3-4,12H2,1-2H3,(H,27,31). The fourth-order valence-corrected chi connectivity index (χ4v) is 4.40. The zero-order chi connectivity index (χ0) is 24.7. The molecule has 0 saturated carbocycles. The number of sulfonamides is 1. The highest BCUT2D eigenvalue weighted by Gasteiger charge is 2.38. The minimum atomic E-state index is -3.52. The smallest absolute Gasteiger partial charge is 0.266 e. The molecule has 0 bridgehead atoms. The first kappa shape index (κ1) is 23.9. The van der Waals surface area contributed by atoms with Gasteiger partial charge in [0.25, 0.3) is 11.8 Å². The lowest BCUT2D eigenvalue weighted by molar-refractivity contribution is 0.0257. The van der Waals surface area contributed by atoms with Crippen LogP contribution in [0.2, 0.25) is 5.02 Å². The highest BCUT2D eigenvalue weighted by molar-refractivity contribution is 7.92. The summed E-state index contributed by atoms with van der Waals surface area (Å²) >= 11 is 6.04. The van der Waals surface area contributed by atoms with E-state index in [-0.39, 0.29) is 30.2 Å². The molecule has 1 aliphatic rings. The number of carbonyl (C=O) groups is 1. The van der Waals surface area contributed by atoms with E-state index in [0.717, 1.165) is 6.26 Å². The van der Waals surface area contributed by atoms with Gasteiger partial charge >= 0.3 is 0 Å². The molecule has 1 amide bonds. The summed E-state index contributed by atoms with van der Waals surface area (Å²) in [5, 5.41) is 2.92. The molecule has 2 aromatic heterocycles. The van der Waals surface area contributed by atoms with Crippen LogP contribution in [0.25, 0.3) is 11.5 Å². The van der Waals surface area contributed by atoms with Crippen LogP contribution >= 0.6 is 11.6 Å². The number of anilines is 3. The van der Waals surface area contributed by atoms with Crippen LogP contribution in [-0.4, -0.2) is 54.1 Å². The first-order chi connectivity index (χ1) is 15.9. The van der Waals surface area contributed by atoms with Crippen molar-refractivity contribution in [2.75, 3.05) is 34.3 Å². The van der Waals surface area contributed by atoms with Gasteiger partial charge in [0.1, 0.15) is 0 Å². The highest BCUT2D eigenvalue weighted by atomic mass is 35.5. The second-order valence-corrected chi connectivity index (χ2v) is 10.3. The van der Waals surface area contributed by atoms with E-state index in [0.29, 0.717) is 28.5 Å². The van der Waals surface area contributed by atoms with E-state index in [4.69, 9.17) is 11.6 Å². The predicted molar refractivity (Wildman–Crippen MR) is 126 cm³/mol. The zero-order valence-corrected chi connectivity index (χ0v) is 19.8. The maximum atomic E-state index is 13.5. The molecule has 0 aliphatic carbocycles. The predicted octanol–water partition coefficient (Wildman–Crippen LogP) is 3.60. The largest absolute Gasteiger partial charge is 0.363 e. The first-order valence-corrected chi connectivity index (χ1v) is 12.4. The molecule has 1 saturated heterocycles. The summed E-state index contributed by atoms with van der Waals surface area (Å²) in [6.45, 7) is -0.135. The zero-order valence-electron chi connectivity index (χ0n) is 18.2. The molecule has 9 nitrogen and oxygen atoms in total. The van der Waals surface area contributed by atoms with Crippen molar-refractivity contribution in [1.29, 1.82) is 0 Å². The Kier molecular flexibility index (Phi) is 6.21. The number of benzene rings is 1. The van der Waals surface area contributed by atoms with Crippen molar-refractivity contribution in [3.63, 3.8) is 0 Å². The third kappa shape index (κ3) is 5.62. The van der Waals surface area contributed by atoms with Crippen LogP contribution in [0, 0.1) is 0 Å². The molecular weight excluding hydrogens is 490 g/mol. The van der Waals surface area contributed by atoms with Crippen molar-refractivity contribution >= 4 is 44.6 Å². The van der Waals surface area contributed by atoms with Gasteiger partial charge in [0, 0.05) is 36.9 Å². The topological polar surface area (TPSA) is 109 Å². The number of nitrogens with zero attached hydrogens (tertiary/aromatic N) is 4. The van der Waals surface area contributed by atoms with Gasteiger partial charge in [0.15, 0.2) is 5.82 Å². The molecule has 13 heteroatoms. The number of amides is 1. The summed E-state index contributed by atoms with van der Waals surface area (Å²) in [7, 11) is -1.80. The third-order valence-corrected chi connectivity index (χ3v) is 5.95. The number of hydrogen-bond donors (Lipinski definition) is 2. The van der Waals surface area contributed by atoms with E-state index >= 15 is 0 Å². The van der Waals surface area contributed by atoms with E-state index in [2.05, 4.69) is 20.0 Å². The fraction of sp³-hybridized carbons (Fsp3) is 0.286. The molecule has 0 radical (unpaired) electrons. The maximum absolute atomic E-state index is 13.5. The number of hydrogen-bond acceptors (Lipinski definition) is 6. The summed E-state index contributed by atoms with van der Waals surface area (Å²) < 4.78 is 53.9. The van der Waals surface area contributed by atoms with Crippen LogP contribution in [0.5, 0.6) is 0 Å². The molecule has 0 atom stereocenters. The molecule has 0 unspecified atom stereocenters. The molecule has 1 aliphatic heterocycles. The van der Waals surface area contributed by atoms with E-state index < -0.39 is 21.9 Å². The lowest BCUT2D eigenvalue weighted by Gasteiger charge is -2.17. The number of alkyl halides is 2. The van der Waals surface area contributed by atoms with Crippen molar-refractivity contribution < 1.29 is 22.0 Å². The van der Waals surface area contributed by atoms with Crippen molar-refractivity contribution in [1.82, 2.24) is 14.5 Å². The van der Waals surface area contributed by atoms with Crippen LogP contribution in [0.3, 0.4) is 0 Å². The van der Waals surface area contributed by atoms with Crippen LogP contribution in [0.4, 0.5) is 25.8 Å². The molecule has 0 spiro atoms. The van der Waals surface area contributed by atoms with Crippen molar-refractivity contribution in [3.8, 4) is 11.5 Å². The lowest BCUT2D eigenvalue weighted by atomic mass is 10.2. The van der Waals surface area contributed by atoms with E-state index in [1.54, 1.807) is 23.9 Å². The second-order valence-electron chi connectivity index (χ2n) is 8.07. The van der Waals surface area contributed by atoms with E-state index in [1.807, 2.05) is 0 Å². The quantitative estimate of drug-likeness (QED) is 0.524. The van der Waals surface area contributed by atoms with E-state index in [1.165, 1.54) is 35.5 Å². The lowest BCUT2D eigenvalue weighted by Crippen LogP contribution is -2.25. The molecule has 2 N–H and O–H groups in total. The second kappa shape index (κ2) is 8.84. The summed E-state index contributed by atoms with van der Waals surface area (Å²) in [5.74, 6) is -2.84. The van der Waals surface area contributed by atoms with Crippen molar-refractivity contribution in [2.24, 2.45) is 7.05 Å². The molecule has 1 aromatic carbocycles. The summed E-state index contributed by atoms with van der Waals surface area (Å²) in [6, 6.07) is 5.94. The number of halogens is 3. The Labute approximate surface area is 199 Å². The highest BCUT2D eigenvalue weighted by Crippen LogP contribution is 2.31. The van der Waals surface area contributed by atoms with Crippen LogP contribution in [0.15, 0.2) is 42.9 Å². The van der Waals surface area contributed by atoms with E-state index in [9.17, 15) is 22.0 Å². The van der Waals surface area contributed by atoms with Gasteiger partial charge in [-0.3, -0.25) is 9.52 Å². The molecule has 3 heterocycles. The number of carbonyl (C=O) groups excluding carboxylic acids is 1. The Hall–Kier alpha value is -3.25. The molecule has 180 valence electrons. The van der Waals surface area contributed by atoms with Crippen LogP contribution < -0.4 is 14.9 Å². The summed E-state index contributed by atoms with van der Waals surface area (Å²) in [4.78, 5) is 22.9. The molecule has 34 heavy (non-hydrogen) atoms. The van der Waals surface area contributed by atoms with Gasteiger partial charge in [0.2, 0.25) is 10.0 Å². The third-order valence-electron chi connectivity index (χ3n) is 5.13. The molecule has 3 aromatic rings. The van der Waals surface area contributed by atoms with Gasteiger partial charge in [-0.2, -0.15) is 0 Å². The Morgan fingerprint density at radius 1 is 1.15 bits per heavy atom. The number of aryl methyl sites for hydroxylation is 1. The van der Waals surface area contributed by atoms with Gasteiger partial charge in [-0.25, -0.2) is 27.2 Å². The first-order valence-electron chi connectivity index (χ1n) is 10.1. The van der Waals surface area contributed by atoms with Gasteiger partial charge in [-0.05, 0) is 24.3 Å². The van der Waals surface area contributed by atoms with Crippen LogP contribution in [-0.2, 0) is 17.1 Å². The van der Waals surface area contributed by atoms with Crippen LogP contribution in [0.1, 0.15) is 16.8 Å². The average Bonchev–Trinajstić information content (AvgIpc) is 3.28. The van der Waals surface area contributed by atoms with Gasteiger partial charge in [-0.1, -0.05) is 11.6 Å². The normalized spacial score (nSPS) is 15.4. The Bertz CT molecular complexity index is 1350. The Morgan fingerprint density at radius 2 is 1.82 bits per heavy atom. The summed E-state index contributed by atoms with van der Waals surface area (Å²) in [5.41, 5.74) is 1.88. The molecule has 4 rings (SSSR count). The minimum Gasteiger partial charge on any atom is -0.363 e. The minimum absolute atomic E-state index is 0.205. The fourth-order valence-electron chi connectivity index (χ4n) is 3.62. The Morgan fingerprint density at radius 3 is 2.44 bits per heavy atom. The number of nitrogens with one attached hydrogen (secondary N) is 2. The van der Waals surface area contributed by atoms with Crippen molar-refractivity contribution in [3.05, 3.63) is 53.4 Å². The summed E-state index contributed by atoms with van der Waals surface area (Å²) in [6.07, 6.45) is 5.36. The molecule has 1 fully saturated rings. The molecular formula is C21H21ClF2N6O3S. The van der Waals surface area contributed by atoms with Gasteiger partial charge in [-0.15, -0.1) is 0 Å². The SMILES string of the molecule is Cn1cc(C(=O)Nc2cc(Cl)cc(NS(C)(=O)=O)c2)cc1-c1ncc(N2CCC(F)(F)C2)cn1. The van der Waals surface area contributed by atoms with Gasteiger partial charge in [0.05, 0.1) is 47.8 Å². The Balaban J connectivity index is 1.50. The monoisotopic (exact) mass is 510 g/mol. The maximum Gasteiger partial charge on any atom is 0.266 e.